The second-order valence-corrected chi connectivity index (χ2v) is 12.9. The number of aromatic nitrogens is 1. The van der Waals surface area contributed by atoms with E-state index in [4.69, 9.17) is 4.74 Å². The molecule has 8 aromatic carbocycles. The number of rotatable bonds is 4. The first-order valence-corrected chi connectivity index (χ1v) is 16.9. The van der Waals surface area contributed by atoms with E-state index < -0.39 is 5.41 Å². The third-order valence-electron chi connectivity index (χ3n) is 10.3. The molecule has 9 aromatic rings. The highest BCUT2D eigenvalue weighted by Crippen LogP contribution is 2.56. The summed E-state index contributed by atoms with van der Waals surface area (Å²) in [6.45, 7) is 0. The molecule has 0 bridgehead atoms. The molecule has 0 radical (unpaired) electrons. The molecule has 2 heteroatoms. The fraction of sp³-hybridized carbons (Fsp3) is 0.0213. The lowest BCUT2D eigenvalue weighted by Crippen LogP contribution is -2.34. The van der Waals surface area contributed by atoms with E-state index in [0.717, 1.165) is 33.9 Å². The van der Waals surface area contributed by atoms with Gasteiger partial charge in [-0.3, -0.25) is 0 Å². The molecule has 0 amide bonds. The number of ether oxygens (including phenoxy) is 1. The summed E-state index contributed by atoms with van der Waals surface area (Å²) in [5.74, 6) is 1.76. The Morgan fingerprint density at radius 3 is 1.78 bits per heavy atom. The lowest BCUT2D eigenvalue weighted by Gasteiger charge is -2.41. The van der Waals surface area contributed by atoms with Crippen LogP contribution in [0.3, 0.4) is 0 Å². The van der Waals surface area contributed by atoms with Crippen LogP contribution in [0.25, 0.3) is 49.4 Å². The van der Waals surface area contributed by atoms with Gasteiger partial charge in [0.25, 0.3) is 0 Å². The summed E-state index contributed by atoms with van der Waals surface area (Å²) in [5, 5.41) is 4.96. The minimum Gasteiger partial charge on any atom is -0.457 e. The average molecular weight is 626 g/mol. The van der Waals surface area contributed by atoms with Gasteiger partial charge in [0.15, 0.2) is 0 Å². The topological polar surface area (TPSA) is 14.2 Å². The van der Waals surface area contributed by atoms with E-state index in [0.29, 0.717) is 0 Å². The molecule has 2 heterocycles. The summed E-state index contributed by atoms with van der Waals surface area (Å²) in [4.78, 5) is 0. The van der Waals surface area contributed by atoms with Crippen molar-refractivity contribution in [3.05, 3.63) is 210 Å². The predicted octanol–water partition coefficient (Wildman–Crippen LogP) is 12.1. The fourth-order valence-electron chi connectivity index (χ4n) is 8.19. The van der Waals surface area contributed by atoms with Crippen molar-refractivity contribution in [2.45, 2.75) is 5.41 Å². The molecule has 1 aliphatic rings. The Hall–Kier alpha value is -6.38. The molecule has 1 aliphatic heterocycles. The number of para-hydroxylation sites is 3. The monoisotopic (exact) mass is 625 g/mol. The zero-order chi connectivity index (χ0) is 32.4. The van der Waals surface area contributed by atoms with E-state index in [1.54, 1.807) is 0 Å². The van der Waals surface area contributed by atoms with Crippen LogP contribution in [0.4, 0.5) is 0 Å². The van der Waals surface area contributed by atoms with Crippen LogP contribution in [0.5, 0.6) is 11.5 Å². The lowest BCUT2D eigenvalue weighted by molar-refractivity contribution is 0.434. The van der Waals surface area contributed by atoms with Crippen LogP contribution in [-0.4, -0.2) is 4.57 Å². The van der Waals surface area contributed by atoms with Crippen molar-refractivity contribution in [3.63, 3.8) is 0 Å². The molecular weight excluding hydrogens is 595 g/mol. The summed E-state index contributed by atoms with van der Waals surface area (Å²) in [5.41, 5.74) is 10.1. The van der Waals surface area contributed by atoms with Gasteiger partial charge in [-0.15, -0.1) is 0 Å². The summed E-state index contributed by atoms with van der Waals surface area (Å²) >= 11 is 0. The van der Waals surface area contributed by atoms with Crippen LogP contribution >= 0.6 is 0 Å². The molecule has 0 atom stereocenters. The van der Waals surface area contributed by atoms with Crippen LogP contribution in [0.15, 0.2) is 188 Å². The summed E-state index contributed by atoms with van der Waals surface area (Å²) in [7, 11) is 0. The number of hydrogen-bond acceptors (Lipinski definition) is 1. The highest BCUT2D eigenvalue weighted by molar-refractivity contribution is 6.19. The van der Waals surface area contributed by atoms with E-state index >= 15 is 0 Å². The van der Waals surface area contributed by atoms with Crippen molar-refractivity contribution in [2.24, 2.45) is 0 Å². The van der Waals surface area contributed by atoms with Gasteiger partial charge in [0.1, 0.15) is 11.5 Å². The summed E-state index contributed by atoms with van der Waals surface area (Å²) < 4.78 is 9.11. The highest BCUT2D eigenvalue weighted by Gasteiger charge is 2.45. The van der Waals surface area contributed by atoms with Gasteiger partial charge in [-0.2, -0.15) is 0 Å². The lowest BCUT2D eigenvalue weighted by atomic mass is 9.63. The molecule has 0 fully saturated rings. The van der Waals surface area contributed by atoms with Crippen molar-refractivity contribution >= 4 is 32.6 Å². The molecule has 230 valence electrons. The Bertz CT molecular complexity index is 2630. The zero-order valence-corrected chi connectivity index (χ0v) is 26.8. The second kappa shape index (κ2) is 10.8. The average Bonchev–Trinajstić information content (AvgIpc) is 3.52. The predicted molar refractivity (Wildman–Crippen MR) is 202 cm³/mol. The maximum absolute atomic E-state index is 6.69. The molecular formula is C47H31NO. The van der Waals surface area contributed by atoms with Gasteiger partial charge >= 0.3 is 0 Å². The third-order valence-corrected chi connectivity index (χ3v) is 10.3. The maximum atomic E-state index is 6.69. The second-order valence-electron chi connectivity index (χ2n) is 12.9. The largest absolute Gasteiger partial charge is 0.457 e. The van der Waals surface area contributed by atoms with Crippen molar-refractivity contribution in [3.8, 4) is 28.3 Å². The highest BCUT2D eigenvalue weighted by atomic mass is 16.5. The molecule has 0 saturated heterocycles. The summed E-state index contributed by atoms with van der Waals surface area (Å²) in [6.07, 6.45) is 0. The first-order valence-electron chi connectivity index (χ1n) is 16.9. The molecule has 0 aliphatic carbocycles. The van der Waals surface area contributed by atoms with Gasteiger partial charge in [0.2, 0.25) is 0 Å². The Morgan fingerprint density at radius 2 is 1.00 bits per heavy atom. The van der Waals surface area contributed by atoms with E-state index in [1.165, 1.54) is 49.3 Å². The Kier molecular flexibility index (Phi) is 6.13. The van der Waals surface area contributed by atoms with Gasteiger partial charge in [-0.1, -0.05) is 146 Å². The number of benzene rings is 8. The zero-order valence-electron chi connectivity index (χ0n) is 26.8. The number of fused-ring (bicyclic) bond motifs is 7. The van der Waals surface area contributed by atoms with Crippen molar-refractivity contribution in [1.82, 2.24) is 4.57 Å². The van der Waals surface area contributed by atoms with E-state index in [2.05, 4.69) is 193 Å². The quantitative estimate of drug-likeness (QED) is 0.190. The molecule has 2 nitrogen and oxygen atoms in total. The van der Waals surface area contributed by atoms with E-state index in [1.807, 2.05) is 0 Å². The molecule has 10 rings (SSSR count). The van der Waals surface area contributed by atoms with Crippen LogP contribution in [0.1, 0.15) is 22.3 Å². The molecule has 0 spiro atoms. The Balaban J connectivity index is 1.25. The molecule has 0 unspecified atom stereocenters. The van der Waals surface area contributed by atoms with Crippen molar-refractivity contribution in [2.75, 3.05) is 0 Å². The van der Waals surface area contributed by atoms with Crippen LogP contribution < -0.4 is 4.74 Å². The summed E-state index contributed by atoms with van der Waals surface area (Å²) in [6, 6.07) is 67.9. The van der Waals surface area contributed by atoms with Gasteiger partial charge in [0, 0.05) is 33.0 Å². The molecule has 0 N–H and O–H groups in total. The third kappa shape index (κ3) is 4.07. The molecule has 49 heavy (non-hydrogen) atoms. The minimum absolute atomic E-state index is 0.563. The van der Waals surface area contributed by atoms with Gasteiger partial charge in [0.05, 0.1) is 16.4 Å². The Labute approximate surface area is 285 Å². The van der Waals surface area contributed by atoms with Crippen LogP contribution in [0.2, 0.25) is 0 Å². The first-order chi connectivity index (χ1) is 24.3. The van der Waals surface area contributed by atoms with Crippen molar-refractivity contribution in [1.29, 1.82) is 0 Å². The standard InChI is InChI=1S/C47H31NO/c1-4-14-35(15-5-1)47(36-16-6-2-7-17-36)41-21-11-13-23-44(41)49-45-29-27-34(31-42(45)47)33-25-24-32-26-28-39-38-20-10-12-22-43(38)48(46(39)40(32)30-33)37-18-8-3-9-19-37/h1-31H. The van der Waals surface area contributed by atoms with Gasteiger partial charge < -0.3 is 9.30 Å². The van der Waals surface area contributed by atoms with E-state index in [-0.39, 0.29) is 0 Å². The van der Waals surface area contributed by atoms with Gasteiger partial charge in [-0.05, 0) is 70.1 Å². The first kappa shape index (κ1) is 27.7. The number of hydrogen-bond donors (Lipinski definition) is 0. The Morgan fingerprint density at radius 1 is 0.408 bits per heavy atom. The smallest absolute Gasteiger partial charge is 0.132 e. The van der Waals surface area contributed by atoms with Gasteiger partial charge in [-0.25, -0.2) is 0 Å². The minimum atomic E-state index is -0.563. The normalized spacial score (nSPS) is 13.2. The number of nitrogens with zero attached hydrogens (tertiary/aromatic N) is 1. The molecule has 0 saturated carbocycles. The SMILES string of the molecule is c1ccc(-n2c3ccccc3c3ccc4ccc(-c5ccc6c(c5)C(c5ccccc5)(c5ccccc5)c5ccccc5O6)cc4c32)cc1. The maximum Gasteiger partial charge on any atom is 0.132 e. The van der Waals surface area contributed by atoms with Crippen LogP contribution in [-0.2, 0) is 5.41 Å². The van der Waals surface area contributed by atoms with E-state index in [9.17, 15) is 0 Å². The molecule has 1 aromatic heterocycles. The fourth-order valence-corrected chi connectivity index (χ4v) is 8.19. The van der Waals surface area contributed by atoms with Crippen molar-refractivity contribution < 1.29 is 4.74 Å². The van der Waals surface area contributed by atoms with Crippen LogP contribution in [0, 0.1) is 0 Å².